The molecule has 1 N–H and O–H groups in total. The van der Waals surface area contributed by atoms with E-state index < -0.39 is 5.91 Å². The van der Waals surface area contributed by atoms with Crippen molar-refractivity contribution in [2.24, 2.45) is 0 Å². The summed E-state index contributed by atoms with van der Waals surface area (Å²) in [5, 5.41) is 3.04. The summed E-state index contributed by atoms with van der Waals surface area (Å²) < 4.78 is 1.13. The number of amides is 1. The van der Waals surface area contributed by atoms with E-state index in [1.165, 1.54) is 29.0 Å². The van der Waals surface area contributed by atoms with Crippen LogP contribution in [0.15, 0.2) is 71.2 Å². The van der Waals surface area contributed by atoms with E-state index in [9.17, 15) is 9.59 Å². The number of fused-ring (bicyclic) bond motifs is 1. The highest BCUT2D eigenvalue weighted by Gasteiger charge is 2.19. The van der Waals surface area contributed by atoms with Crippen LogP contribution in [-0.2, 0) is 0 Å². The van der Waals surface area contributed by atoms with Gasteiger partial charge in [0.1, 0.15) is 21.0 Å². The normalized spacial score (nSPS) is 11.0. The molecule has 0 spiro atoms. The van der Waals surface area contributed by atoms with Crippen LogP contribution < -0.4 is 11.0 Å². The number of aromatic nitrogens is 4. The summed E-state index contributed by atoms with van der Waals surface area (Å²) in [6.07, 6.45) is 3.02. The van der Waals surface area contributed by atoms with Crippen LogP contribution in [-0.4, -0.2) is 25.5 Å². The Hall–Kier alpha value is -3.69. The van der Waals surface area contributed by atoms with Crippen LogP contribution in [0, 0.1) is 6.92 Å². The van der Waals surface area contributed by atoms with Crippen LogP contribution in [0.5, 0.6) is 0 Å². The second kappa shape index (κ2) is 7.86. The highest BCUT2D eigenvalue weighted by molar-refractivity contribution is 7.17. The first-order valence-electron chi connectivity index (χ1n) is 9.36. The lowest BCUT2D eigenvalue weighted by atomic mass is 10.1. The predicted octanol–water partition coefficient (Wildman–Crippen LogP) is 4.34. The molecule has 0 unspecified atom stereocenters. The van der Waals surface area contributed by atoms with E-state index in [1.54, 1.807) is 13.1 Å². The van der Waals surface area contributed by atoms with Gasteiger partial charge in [0, 0.05) is 17.1 Å². The average molecular weight is 446 g/mol. The molecule has 0 saturated heterocycles. The van der Waals surface area contributed by atoms with Crippen molar-refractivity contribution in [3.63, 3.8) is 0 Å². The molecule has 1 amide bonds. The minimum atomic E-state index is -0.420. The molecular weight excluding hydrogens is 430 g/mol. The second-order valence-corrected chi connectivity index (χ2v) is 8.56. The van der Waals surface area contributed by atoms with Gasteiger partial charge < -0.3 is 0 Å². The van der Waals surface area contributed by atoms with Gasteiger partial charge in [-0.15, -0.1) is 22.7 Å². The van der Waals surface area contributed by atoms with Crippen molar-refractivity contribution in [1.82, 2.24) is 19.6 Å². The van der Waals surface area contributed by atoms with Crippen LogP contribution >= 0.6 is 22.7 Å². The molecule has 152 valence electrons. The average Bonchev–Trinajstić information content (AvgIpc) is 3.41. The van der Waals surface area contributed by atoms with Gasteiger partial charge in [-0.1, -0.05) is 36.4 Å². The third kappa shape index (κ3) is 3.54. The van der Waals surface area contributed by atoms with Crippen LogP contribution in [0.3, 0.4) is 0 Å². The first kappa shape index (κ1) is 19.3. The Morgan fingerprint density at radius 2 is 1.87 bits per heavy atom. The van der Waals surface area contributed by atoms with Gasteiger partial charge >= 0.3 is 0 Å². The molecule has 5 aromatic rings. The van der Waals surface area contributed by atoms with E-state index in [0.717, 1.165) is 15.8 Å². The summed E-state index contributed by atoms with van der Waals surface area (Å²) in [5.41, 5.74) is 5.32. The first-order valence-corrected chi connectivity index (χ1v) is 11.1. The molecule has 0 saturated carbocycles. The molecule has 5 rings (SSSR count). The van der Waals surface area contributed by atoms with E-state index in [-0.39, 0.29) is 5.56 Å². The molecule has 0 fully saturated rings. The molecule has 1 aromatic carbocycles. The molecule has 4 heterocycles. The number of nitrogens with one attached hydrogen (secondary N) is 1. The zero-order chi connectivity index (χ0) is 21.4. The highest BCUT2D eigenvalue weighted by Crippen LogP contribution is 2.30. The molecular formula is C22H15N5O2S2. The zero-order valence-electron chi connectivity index (χ0n) is 16.3. The van der Waals surface area contributed by atoms with Gasteiger partial charge in [0.15, 0.2) is 0 Å². The van der Waals surface area contributed by atoms with Gasteiger partial charge in [-0.3, -0.25) is 20.0 Å². The van der Waals surface area contributed by atoms with E-state index in [4.69, 9.17) is 0 Å². The quantitative estimate of drug-likeness (QED) is 0.445. The number of benzene rings is 1. The van der Waals surface area contributed by atoms with Crippen LogP contribution in [0.1, 0.15) is 15.4 Å². The standard InChI is InChI=1S/C22H15N5O2S2/c1-13-18(31-20(25-13)16-9-5-6-10-23-16)19(28)26-27-12-24-21-17(22(27)29)15(11-30-21)14-7-3-2-4-8-14/h2-12H,1H3,(H,26,28). The van der Waals surface area contributed by atoms with Crippen LogP contribution in [0.25, 0.3) is 32.0 Å². The maximum Gasteiger partial charge on any atom is 0.282 e. The zero-order valence-corrected chi connectivity index (χ0v) is 17.9. The summed E-state index contributed by atoms with van der Waals surface area (Å²) in [6, 6.07) is 15.2. The largest absolute Gasteiger partial charge is 0.282 e. The summed E-state index contributed by atoms with van der Waals surface area (Å²) >= 11 is 2.63. The Bertz CT molecular complexity index is 1460. The number of rotatable bonds is 4. The lowest BCUT2D eigenvalue weighted by Gasteiger charge is -2.07. The number of nitrogens with zero attached hydrogens (tertiary/aromatic N) is 4. The molecule has 0 aliphatic rings. The number of hydrogen-bond donors (Lipinski definition) is 1. The lowest BCUT2D eigenvalue weighted by Crippen LogP contribution is -2.33. The summed E-state index contributed by atoms with van der Waals surface area (Å²) in [6.45, 7) is 1.76. The minimum Gasteiger partial charge on any atom is -0.267 e. The van der Waals surface area contributed by atoms with Crippen molar-refractivity contribution in [2.45, 2.75) is 6.92 Å². The van der Waals surface area contributed by atoms with Gasteiger partial charge in [-0.2, -0.15) is 0 Å². The highest BCUT2D eigenvalue weighted by atomic mass is 32.1. The van der Waals surface area contributed by atoms with E-state index in [2.05, 4.69) is 20.4 Å². The number of carbonyl (C=O) groups excluding carboxylic acids is 1. The van der Waals surface area contributed by atoms with Gasteiger partial charge in [-0.25, -0.2) is 14.6 Å². The Kier molecular flexibility index (Phi) is 4.89. The van der Waals surface area contributed by atoms with E-state index in [1.807, 2.05) is 53.9 Å². The van der Waals surface area contributed by atoms with Gasteiger partial charge in [0.2, 0.25) is 0 Å². The van der Waals surface area contributed by atoms with Gasteiger partial charge in [0.05, 0.1) is 16.8 Å². The number of thiazole rings is 1. The maximum absolute atomic E-state index is 13.2. The molecule has 0 atom stereocenters. The Morgan fingerprint density at radius 3 is 2.65 bits per heavy atom. The molecule has 0 radical (unpaired) electrons. The molecule has 4 aromatic heterocycles. The van der Waals surface area contributed by atoms with E-state index in [0.29, 0.717) is 31.5 Å². The molecule has 31 heavy (non-hydrogen) atoms. The molecule has 7 nitrogen and oxygen atoms in total. The molecule has 9 heteroatoms. The van der Waals surface area contributed by atoms with Crippen molar-refractivity contribution in [3.05, 3.63) is 87.4 Å². The van der Waals surface area contributed by atoms with Crippen molar-refractivity contribution < 1.29 is 4.79 Å². The topological polar surface area (TPSA) is 89.8 Å². The second-order valence-electron chi connectivity index (χ2n) is 6.70. The summed E-state index contributed by atoms with van der Waals surface area (Å²) in [5.74, 6) is -0.420. The Labute approximate surface area is 184 Å². The maximum atomic E-state index is 13.2. The third-order valence-electron chi connectivity index (χ3n) is 4.69. The fourth-order valence-corrected chi connectivity index (χ4v) is 5.05. The van der Waals surface area contributed by atoms with Crippen LogP contribution in [0.2, 0.25) is 0 Å². The number of carbonyl (C=O) groups is 1. The summed E-state index contributed by atoms with van der Waals surface area (Å²) in [7, 11) is 0. The number of pyridine rings is 1. The lowest BCUT2D eigenvalue weighted by molar-refractivity contribution is 0.101. The SMILES string of the molecule is Cc1nc(-c2ccccn2)sc1C(=O)Nn1cnc2scc(-c3ccccc3)c2c1=O. The third-order valence-corrected chi connectivity index (χ3v) is 6.75. The number of thiophene rings is 1. The Morgan fingerprint density at radius 1 is 1.06 bits per heavy atom. The van der Waals surface area contributed by atoms with Crippen molar-refractivity contribution in [3.8, 4) is 21.8 Å². The molecule has 0 aliphatic carbocycles. The molecule has 0 aliphatic heterocycles. The van der Waals surface area contributed by atoms with Crippen molar-refractivity contribution in [2.75, 3.05) is 5.43 Å². The van der Waals surface area contributed by atoms with Crippen molar-refractivity contribution >= 4 is 38.8 Å². The van der Waals surface area contributed by atoms with Gasteiger partial charge in [-0.05, 0) is 24.6 Å². The monoisotopic (exact) mass is 445 g/mol. The van der Waals surface area contributed by atoms with E-state index >= 15 is 0 Å². The fraction of sp³-hybridized carbons (Fsp3) is 0.0455. The number of aryl methyl sites for hydroxylation is 1. The first-order chi connectivity index (χ1) is 15.1. The summed E-state index contributed by atoms with van der Waals surface area (Å²) in [4.78, 5) is 40.2. The minimum absolute atomic E-state index is 0.328. The number of hydrogen-bond acceptors (Lipinski definition) is 7. The van der Waals surface area contributed by atoms with Crippen molar-refractivity contribution in [1.29, 1.82) is 0 Å². The van der Waals surface area contributed by atoms with Gasteiger partial charge in [0.25, 0.3) is 11.5 Å². The molecule has 0 bridgehead atoms. The Balaban J connectivity index is 1.50. The smallest absolute Gasteiger partial charge is 0.267 e. The predicted molar refractivity (Wildman–Crippen MR) is 123 cm³/mol. The van der Waals surface area contributed by atoms with Crippen LogP contribution in [0.4, 0.5) is 0 Å². The fourth-order valence-electron chi connectivity index (χ4n) is 3.21.